The third-order valence-electron chi connectivity index (χ3n) is 4.65. The molecular formula is C25H16Br2O. The molecule has 0 aliphatic rings. The van der Waals surface area contributed by atoms with Gasteiger partial charge in [0.05, 0.1) is 0 Å². The molecule has 28 heavy (non-hydrogen) atoms. The van der Waals surface area contributed by atoms with Gasteiger partial charge in [0.1, 0.15) is 0 Å². The molecule has 0 bridgehead atoms. The number of halogens is 2. The van der Waals surface area contributed by atoms with Crippen LogP contribution in [-0.4, -0.2) is 5.78 Å². The topological polar surface area (TPSA) is 17.1 Å². The Labute approximate surface area is 181 Å². The molecule has 0 heterocycles. The molecule has 0 radical (unpaired) electrons. The quantitative estimate of drug-likeness (QED) is 0.266. The zero-order valence-electron chi connectivity index (χ0n) is 14.9. The van der Waals surface area contributed by atoms with Crippen molar-refractivity contribution >= 4 is 37.6 Å². The fourth-order valence-electron chi connectivity index (χ4n) is 3.16. The van der Waals surface area contributed by atoms with Gasteiger partial charge in [-0.1, -0.05) is 117 Å². The fourth-order valence-corrected chi connectivity index (χ4v) is 4.25. The first-order valence-electron chi connectivity index (χ1n) is 8.88. The van der Waals surface area contributed by atoms with Gasteiger partial charge in [-0.15, -0.1) is 0 Å². The van der Waals surface area contributed by atoms with Gasteiger partial charge in [0.2, 0.25) is 0 Å². The predicted octanol–water partition coefficient (Wildman–Crippen LogP) is 7.78. The second-order valence-corrected chi connectivity index (χ2v) is 8.16. The second kappa shape index (κ2) is 8.26. The van der Waals surface area contributed by atoms with Gasteiger partial charge in [0.25, 0.3) is 0 Å². The lowest BCUT2D eigenvalue weighted by Gasteiger charge is -2.10. The lowest BCUT2D eigenvalue weighted by atomic mass is 9.97. The summed E-state index contributed by atoms with van der Waals surface area (Å²) in [7, 11) is 0. The van der Waals surface area contributed by atoms with Crippen LogP contribution in [-0.2, 0) is 0 Å². The highest BCUT2D eigenvalue weighted by Crippen LogP contribution is 2.36. The Morgan fingerprint density at radius 1 is 0.536 bits per heavy atom. The van der Waals surface area contributed by atoms with Gasteiger partial charge < -0.3 is 0 Å². The van der Waals surface area contributed by atoms with Gasteiger partial charge >= 0.3 is 0 Å². The van der Waals surface area contributed by atoms with Crippen molar-refractivity contribution in [1.82, 2.24) is 0 Å². The Bertz CT molecular complexity index is 1130. The van der Waals surface area contributed by atoms with Crippen molar-refractivity contribution in [1.29, 1.82) is 0 Å². The number of ketones is 1. The third kappa shape index (κ3) is 3.87. The molecule has 0 aliphatic heterocycles. The average Bonchev–Trinajstić information content (AvgIpc) is 2.74. The lowest BCUT2D eigenvalue weighted by Crippen LogP contribution is -2.00. The molecular weight excluding hydrogens is 476 g/mol. The van der Waals surface area contributed by atoms with Crippen molar-refractivity contribution in [3.05, 3.63) is 117 Å². The van der Waals surface area contributed by atoms with Crippen LogP contribution in [0.15, 0.2) is 106 Å². The van der Waals surface area contributed by atoms with E-state index in [0.29, 0.717) is 11.1 Å². The lowest BCUT2D eigenvalue weighted by molar-refractivity contribution is 0.103. The molecule has 0 fully saturated rings. The van der Waals surface area contributed by atoms with E-state index >= 15 is 0 Å². The first-order valence-corrected chi connectivity index (χ1v) is 10.5. The SMILES string of the molecule is O=C(c1ccccc1)c1ccc(-c2ccc(-c3ccccc3Br)c(Br)c2)cc1. The maximum absolute atomic E-state index is 12.6. The molecule has 0 aromatic heterocycles. The molecule has 0 N–H and O–H groups in total. The molecule has 0 atom stereocenters. The van der Waals surface area contributed by atoms with Gasteiger partial charge in [0.15, 0.2) is 5.78 Å². The Morgan fingerprint density at radius 3 is 1.79 bits per heavy atom. The summed E-state index contributed by atoms with van der Waals surface area (Å²) in [6, 6.07) is 31.6. The first kappa shape index (κ1) is 18.9. The van der Waals surface area contributed by atoms with Crippen molar-refractivity contribution in [2.24, 2.45) is 0 Å². The monoisotopic (exact) mass is 490 g/mol. The molecule has 4 rings (SSSR count). The number of hydrogen-bond acceptors (Lipinski definition) is 1. The van der Waals surface area contributed by atoms with Crippen LogP contribution in [0, 0.1) is 0 Å². The van der Waals surface area contributed by atoms with E-state index in [1.807, 2.05) is 72.8 Å². The first-order chi connectivity index (χ1) is 13.6. The van der Waals surface area contributed by atoms with Crippen molar-refractivity contribution in [3.8, 4) is 22.3 Å². The van der Waals surface area contributed by atoms with E-state index in [0.717, 1.165) is 31.2 Å². The summed E-state index contributed by atoms with van der Waals surface area (Å²) in [6.07, 6.45) is 0. The number of benzene rings is 4. The molecule has 136 valence electrons. The summed E-state index contributed by atoms with van der Waals surface area (Å²) in [5, 5.41) is 0. The Hall–Kier alpha value is -2.49. The highest BCUT2D eigenvalue weighted by molar-refractivity contribution is 9.11. The molecule has 0 unspecified atom stereocenters. The average molecular weight is 492 g/mol. The maximum atomic E-state index is 12.6. The van der Waals surface area contributed by atoms with Crippen LogP contribution in [0.3, 0.4) is 0 Å². The van der Waals surface area contributed by atoms with E-state index in [1.165, 1.54) is 0 Å². The summed E-state index contributed by atoms with van der Waals surface area (Å²) in [5.41, 5.74) is 5.84. The minimum Gasteiger partial charge on any atom is -0.289 e. The molecule has 0 spiro atoms. The summed E-state index contributed by atoms with van der Waals surface area (Å²) >= 11 is 7.33. The highest BCUT2D eigenvalue weighted by Gasteiger charge is 2.11. The zero-order chi connectivity index (χ0) is 19.5. The number of rotatable bonds is 4. The van der Waals surface area contributed by atoms with Gasteiger partial charge in [-0.2, -0.15) is 0 Å². The van der Waals surface area contributed by atoms with E-state index in [4.69, 9.17) is 0 Å². The van der Waals surface area contributed by atoms with Crippen molar-refractivity contribution in [3.63, 3.8) is 0 Å². The van der Waals surface area contributed by atoms with Gasteiger partial charge in [0, 0.05) is 20.1 Å². The molecule has 1 nitrogen and oxygen atoms in total. The Morgan fingerprint density at radius 2 is 1.11 bits per heavy atom. The van der Waals surface area contributed by atoms with E-state index in [9.17, 15) is 4.79 Å². The van der Waals surface area contributed by atoms with Gasteiger partial charge in [-0.05, 0) is 34.4 Å². The summed E-state index contributed by atoms with van der Waals surface area (Å²) in [5.74, 6) is 0.0395. The number of hydrogen-bond donors (Lipinski definition) is 0. The van der Waals surface area contributed by atoms with Crippen LogP contribution in [0.2, 0.25) is 0 Å². The summed E-state index contributed by atoms with van der Waals surface area (Å²) in [4.78, 5) is 12.6. The molecule has 4 aromatic rings. The Balaban J connectivity index is 1.62. The smallest absolute Gasteiger partial charge is 0.193 e. The van der Waals surface area contributed by atoms with Crippen molar-refractivity contribution < 1.29 is 4.79 Å². The maximum Gasteiger partial charge on any atom is 0.193 e. The summed E-state index contributed by atoms with van der Waals surface area (Å²) < 4.78 is 2.09. The zero-order valence-corrected chi connectivity index (χ0v) is 18.1. The standard InChI is InChI=1S/C25H16Br2O/c26-23-9-5-4-8-21(23)22-15-14-20(16-24(22)27)17-10-12-19(13-11-17)25(28)18-6-2-1-3-7-18/h1-16H. The van der Waals surface area contributed by atoms with E-state index in [-0.39, 0.29) is 5.78 Å². The second-order valence-electron chi connectivity index (χ2n) is 6.45. The van der Waals surface area contributed by atoms with Crippen LogP contribution in [0.25, 0.3) is 22.3 Å². The highest BCUT2D eigenvalue weighted by atomic mass is 79.9. The number of carbonyl (C=O) groups is 1. The van der Waals surface area contributed by atoms with Crippen LogP contribution in [0.1, 0.15) is 15.9 Å². The minimum atomic E-state index is 0.0395. The Kier molecular flexibility index (Phi) is 5.56. The fraction of sp³-hybridized carbons (Fsp3) is 0. The largest absolute Gasteiger partial charge is 0.289 e. The van der Waals surface area contributed by atoms with Crippen LogP contribution in [0.5, 0.6) is 0 Å². The van der Waals surface area contributed by atoms with E-state index in [1.54, 1.807) is 0 Å². The molecule has 0 saturated heterocycles. The normalized spacial score (nSPS) is 10.6. The van der Waals surface area contributed by atoms with E-state index < -0.39 is 0 Å². The predicted molar refractivity (Wildman–Crippen MR) is 123 cm³/mol. The molecule has 3 heteroatoms. The number of carbonyl (C=O) groups excluding carboxylic acids is 1. The van der Waals surface area contributed by atoms with Crippen LogP contribution >= 0.6 is 31.9 Å². The molecule has 0 aliphatic carbocycles. The van der Waals surface area contributed by atoms with Crippen molar-refractivity contribution in [2.45, 2.75) is 0 Å². The molecule has 0 saturated carbocycles. The minimum absolute atomic E-state index is 0.0395. The van der Waals surface area contributed by atoms with Gasteiger partial charge in [-0.25, -0.2) is 0 Å². The van der Waals surface area contributed by atoms with E-state index in [2.05, 4.69) is 56.1 Å². The molecule has 4 aromatic carbocycles. The van der Waals surface area contributed by atoms with Gasteiger partial charge in [-0.3, -0.25) is 4.79 Å². The van der Waals surface area contributed by atoms with Crippen molar-refractivity contribution in [2.75, 3.05) is 0 Å². The summed E-state index contributed by atoms with van der Waals surface area (Å²) in [6.45, 7) is 0. The van der Waals surface area contributed by atoms with Crippen LogP contribution < -0.4 is 0 Å². The van der Waals surface area contributed by atoms with Crippen LogP contribution in [0.4, 0.5) is 0 Å². The molecule has 0 amide bonds. The third-order valence-corrected chi connectivity index (χ3v) is 6.00.